The Labute approximate surface area is 124 Å². The molecule has 2 heterocycles. The molecule has 1 amide bonds. The van der Waals surface area contributed by atoms with E-state index in [1.54, 1.807) is 29.1 Å². The molecule has 0 fully saturated rings. The lowest BCUT2D eigenvalue weighted by Gasteiger charge is -2.08. The summed E-state index contributed by atoms with van der Waals surface area (Å²) in [5, 5.41) is 11.8. The smallest absolute Gasteiger partial charge is 0.271 e. The molecule has 110 valence electrons. The molecule has 0 aliphatic rings. The lowest BCUT2D eigenvalue weighted by molar-refractivity contribution is 0.0994. The Bertz CT molecular complexity index is 911. The van der Waals surface area contributed by atoms with E-state index in [2.05, 4.69) is 15.4 Å². The fourth-order valence-corrected chi connectivity index (χ4v) is 2.03. The van der Waals surface area contributed by atoms with Gasteiger partial charge in [0.1, 0.15) is 5.69 Å². The summed E-state index contributed by atoms with van der Waals surface area (Å²) in [5.41, 5.74) is 6.93. The largest absolute Gasteiger partial charge is 0.364 e. The third kappa shape index (κ3) is 2.37. The highest BCUT2D eigenvalue weighted by atomic mass is 16.1. The van der Waals surface area contributed by atoms with Crippen molar-refractivity contribution in [2.45, 2.75) is 6.92 Å². The van der Waals surface area contributed by atoms with Crippen molar-refractivity contribution < 1.29 is 4.79 Å². The van der Waals surface area contributed by atoms with E-state index in [9.17, 15) is 9.59 Å². The number of aryl methyl sites for hydroxylation is 1. The van der Waals surface area contributed by atoms with E-state index in [1.807, 2.05) is 13.0 Å². The number of benzene rings is 1. The molecule has 8 nitrogen and oxygen atoms in total. The van der Waals surface area contributed by atoms with Gasteiger partial charge < -0.3 is 5.73 Å². The molecule has 3 rings (SSSR count). The highest BCUT2D eigenvalue weighted by Gasteiger charge is 2.09. The molecule has 2 N–H and O–H groups in total. The van der Waals surface area contributed by atoms with Crippen LogP contribution >= 0.6 is 0 Å². The van der Waals surface area contributed by atoms with Gasteiger partial charge in [0, 0.05) is 6.07 Å². The molecule has 8 heteroatoms. The number of carbonyl (C=O) groups excluding carboxylic acids is 1. The highest BCUT2D eigenvalue weighted by Crippen LogP contribution is 2.13. The van der Waals surface area contributed by atoms with Crippen LogP contribution in [0.3, 0.4) is 0 Å². The Hall–Kier alpha value is -3.29. The third-order valence-electron chi connectivity index (χ3n) is 3.09. The second kappa shape index (κ2) is 5.24. The van der Waals surface area contributed by atoms with Crippen LogP contribution in [0.1, 0.15) is 16.2 Å². The van der Waals surface area contributed by atoms with Crippen LogP contribution in [0.5, 0.6) is 0 Å². The van der Waals surface area contributed by atoms with Crippen molar-refractivity contribution in [3.63, 3.8) is 0 Å². The van der Waals surface area contributed by atoms with Gasteiger partial charge in [-0.2, -0.15) is 9.78 Å². The van der Waals surface area contributed by atoms with Crippen molar-refractivity contribution in [1.29, 1.82) is 0 Å². The number of carbonyl (C=O) groups is 1. The zero-order valence-corrected chi connectivity index (χ0v) is 11.7. The molecule has 0 saturated carbocycles. The number of aromatic nitrogens is 5. The van der Waals surface area contributed by atoms with E-state index in [-0.39, 0.29) is 11.3 Å². The van der Waals surface area contributed by atoms with E-state index < -0.39 is 5.91 Å². The monoisotopic (exact) mass is 296 g/mol. The number of amides is 1. The van der Waals surface area contributed by atoms with Gasteiger partial charge in [-0.25, -0.2) is 4.68 Å². The van der Waals surface area contributed by atoms with Gasteiger partial charge in [-0.3, -0.25) is 9.59 Å². The summed E-state index contributed by atoms with van der Waals surface area (Å²) in [7, 11) is 0. The summed E-state index contributed by atoms with van der Waals surface area (Å²) in [6.45, 7) is 1.87. The molecular weight excluding hydrogens is 284 g/mol. The van der Waals surface area contributed by atoms with E-state index in [4.69, 9.17) is 5.73 Å². The average Bonchev–Trinajstić information content (AvgIpc) is 2.94. The van der Waals surface area contributed by atoms with Crippen LogP contribution in [0.15, 0.2) is 47.4 Å². The molecule has 0 bridgehead atoms. The molecule has 22 heavy (non-hydrogen) atoms. The van der Waals surface area contributed by atoms with Crippen molar-refractivity contribution in [1.82, 2.24) is 24.8 Å². The Kier molecular flexibility index (Phi) is 3.26. The van der Waals surface area contributed by atoms with E-state index in [0.717, 1.165) is 16.1 Å². The first kappa shape index (κ1) is 13.7. The molecule has 0 atom stereocenters. The molecule has 0 radical (unpaired) electrons. The number of nitrogens with two attached hydrogens (primary N) is 1. The molecule has 0 spiro atoms. The summed E-state index contributed by atoms with van der Waals surface area (Å²) < 4.78 is 2.75. The molecule has 2 aromatic heterocycles. The molecule has 3 aromatic rings. The summed E-state index contributed by atoms with van der Waals surface area (Å²) in [6.07, 6.45) is 1.63. The Balaban J connectivity index is 2.14. The molecule has 0 saturated heterocycles. The highest BCUT2D eigenvalue weighted by molar-refractivity contribution is 5.90. The van der Waals surface area contributed by atoms with E-state index in [1.165, 1.54) is 12.1 Å². The predicted octanol–water partition coefficient (Wildman–Crippen LogP) is 0.221. The summed E-state index contributed by atoms with van der Waals surface area (Å²) in [4.78, 5) is 23.2. The fraction of sp³-hybridized carbons (Fsp3) is 0.0714. The molecule has 0 aliphatic carbocycles. The van der Waals surface area contributed by atoms with Crippen molar-refractivity contribution in [2.24, 2.45) is 5.73 Å². The lowest BCUT2D eigenvalue weighted by Crippen LogP contribution is -2.25. The van der Waals surface area contributed by atoms with Crippen LogP contribution in [0, 0.1) is 6.92 Å². The van der Waals surface area contributed by atoms with Gasteiger partial charge in [0.2, 0.25) is 0 Å². The van der Waals surface area contributed by atoms with Crippen LogP contribution in [0.2, 0.25) is 0 Å². The van der Waals surface area contributed by atoms with E-state index in [0.29, 0.717) is 5.69 Å². The minimum absolute atomic E-state index is 0.0157. The minimum atomic E-state index is -0.697. The van der Waals surface area contributed by atoms with E-state index >= 15 is 0 Å². The van der Waals surface area contributed by atoms with Gasteiger partial charge >= 0.3 is 0 Å². The molecular formula is C14H12N6O2. The second-order valence-corrected chi connectivity index (χ2v) is 4.64. The number of hydrogen-bond acceptors (Lipinski definition) is 5. The minimum Gasteiger partial charge on any atom is -0.364 e. The van der Waals surface area contributed by atoms with Crippen LogP contribution in [0.4, 0.5) is 0 Å². The fourth-order valence-electron chi connectivity index (χ4n) is 2.03. The van der Waals surface area contributed by atoms with Gasteiger partial charge in [0.15, 0.2) is 0 Å². The summed E-state index contributed by atoms with van der Waals surface area (Å²) >= 11 is 0. The number of hydrogen-bond donors (Lipinski definition) is 1. The van der Waals surface area contributed by atoms with Gasteiger partial charge in [0.05, 0.1) is 23.3 Å². The maximum absolute atomic E-state index is 12.0. The maximum Gasteiger partial charge on any atom is 0.271 e. The van der Waals surface area contributed by atoms with Crippen LogP contribution in [-0.4, -0.2) is 30.7 Å². The predicted molar refractivity (Wildman–Crippen MR) is 78.0 cm³/mol. The Morgan fingerprint density at radius 3 is 2.50 bits per heavy atom. The number of rotatable bonds is 3. The van der Waals surface area contributed by atoms with Crippen molar-refractivity contribution in [3.05, 3.63) is 64.3 Å². The summed E-state index contributed by atoms with van der Waals surface area (Å²) in [5.74, 6) is -0.697. The Morgan fingerprint density at radius 2 is 1.86 bits per heavy atom. The van der Waals surface area contributed by atoms with Gasteiger partial charge in [-0.15, -0.1) is 5.10 Å². The molecule has 1 aromatic carbocycles. The van der Waals surface area contributed by atoms with Crippen LogP contribution in [-0.2, 0) is 0 Å². The normalized spacial score (nSPS) is 10.6. The average molecular weight is 296 g/mol. The quantitative estimate of drug-likeness (QED) is 0.743. The van der Waals surface area contributed by atoms with Gasteiger partial charge in [-0.1, -0.05) is 11.3 Å². The standard InChI is InChI=1S/C14H12N6O2/c1-9-8-16-18-19(9)10-3-2-4-11(7-10)20-13(21)6-5-12(17-20)14(15)22/h2-8H,1H3,(H2,15,22). The SMILES string of the molecule is Cc1cnnn1-c1cccc(-n2nc(C(N)=O)ccc2=O)c1. The van der Waals surface area contributed by atoms with Crippen molar-refractivity contribution in [2.75, 3.05) is 0 Å². The first-order valence-corrected chi connectivity index (χ1v) is 6.44. The van der Waals surface area contributed by atoms with Crippen molar-refractivity contribution in [3.8, 4) is 11.4 Å². The van der Waals surface area contributed by atoms with Crippen LogP contribution < -0.4 is 11.3 Å². The second-order valence-electron chi connectivity index (χ2n) is 4.64. The van der Waals surface area contributed by atoms with Crippen molar-refractivity contribution >= 4 is 5.91 Å². The summed E-state index contributed by atoms with van der Waals surface area (Å²) in [6, 6.07) is 9.56. The van der Waals surface area contributed by atoms with Crippen LogP contribution in [0.25, 0.3) is 11.4 Å². The maximum atomic E-state index is 12.0. The zero-order chi connectivity index (χ0) is 15.7. The zero-order valence-electron chi connectivity index (χ0n) is 11.7. The third-order valence-corrected chi connectivity index (χ3v) is 3.09. The number of primary amides is 1. The van der Waals surface area contributed by atoms with Gasteiger partial charge in [-0.05, 0) is 31.2 Å². The first-order chi connectivity index (χ1) is 10.6. The number of nitrogens with zero attached hydrogens (tertiary/aromatic N) is 5. The molecule has 0 aliphatic heterocycles. The molecule has 0 unspecified atom stereocenters. The van der Waals surface area contributed by atoms with Gasteiger partial charge in [0.25, 0.3) is 11.5 Å². The Morgan fingerprint density at radius 1 is 1.14 bits per heavy atom. The topological polar surface area (TPSA) is 109 Å². The first-order valence-electron chi connectivity index (χ1n) is 6.44. The lowest BCUT2D eigenvalue weighted by atomic mass is 10.2.